The number of methoxy groups -OCH3 is 1. The van der Waals surface area contributed by atoms with Gasteiger partial charge in [0.2, 0.25) is 0 Å². The lowest BCUT2D eigenvalue weighted by Crippen LogP contribution is -2.40. The highest BCUT2D eigenvalue weighted by Crippen LogP contribution is 2.47. The van der Waals surface area contributed by atoms with Gasteiger partial charge in [-0.2, -0.15) is 0 Å². The lowest BCUT2D eigenvalue weighted by atomic mass is 9.63. The van der Waals surface area contributed by atoms with Crippen molar-refractivity contribution in [2.75, 3.05) is 7.11 Å². The molecule has 1 fully saturated rings. The quantitative estimate of drug-likeness (QED) is 0.674. The number of carbonyl (C=O) groups is 1. The van der Waals surface area contributed by atoms with Crippen LogP contribution in [0.25, 0.3) is 0 Å². The molecule has 0 aromatic heterocycles. The average Bonchev–Trinajstić information content (AvgIpc) is 2.34. The summed E-state index contributed by atoms with van der Waals surface area (Å²) >= 11 is 0. The summed E-state index contributed by atoms with van der Waals surface area (Å²) in [5, 5.41) is 0. The van der Waals surface area contributed by atoms with Crippen molar-refractivity contribution >= 4 is 5.97 Å². The van der Waals surface area contributed by atoms with Crippen LogP contribution in [0, 0.1) is 17.3 Å². The van der Waals surface area contributed by atoms with Gasteiger partial charge in [-0.25, -0.2) is 0 Å². The Morgan fingerprint density at radius 3 is 2.59 bits per heavy atom. The van der Waals surface area contributed by atoms with Gasteiger partial charge in [-0.1, -0.05) is 40.0 Å². The second kappa shape index (κ2) is 6.42. The summed E-state index contributed by atoms with van der Waals surface area (Å²) in [5.74, 6) is 1.40. The van der Waals surface area contributed by atoms with Gasteiger partial charge in [0, 0.05) is 0 Å². The van der Waals surface area contributed by atoms with Gasteiger partial charge in [-0.3, -0.25) is 4.79 Å². The van der Waals surface area contributed by atoms with Crippen molar-refractivity contribution in [2.24, 2.45) is 17.3 Å². The molecule has 3 atom stereocenters. The van der Waals surface area contributed by atoms with Gasteiger partial charge in [0.15, 0.2) is 0 Å². The van der Waals surface area contributed by atoms with Gasteiger partial charge in [0.05, 0.1) is 12.5 Å². The van der Waals surface area contributed by atoms with Gasteiger partial charge in [0.1, 0.15) is 0 Å². The fraction of sp³-hybridized carbons (Fsp3) is 0.933. The van der Waals surface area contributed by atoms with Crippen molar-refractivity contribution in [1.82, 2.24) is 0 Å². The Labute approximate surface area is 106 Å². The van der Waals surface area contributed by atoms with E-state index in [-0.39, 0.29) is 11.4 Å². The third-order valence-electron chi connectivity index (χ3n) is 4.36. The summed E-state index contributed by atoms with van der Waals surface area (Å²) in [6, 6.07) is 0. The minimum absolute atomic E-state index is 0.0379. The number of ether oxygens (including phenoxy) is 1. The van der Waals surface area contributed by atoms with E-state index in [0.29, 0.717) is 11.8 Å². The largest absolute Gasteiger partial charge is 0.469 e. The lowest BCUT2D eigenvalue weighted by Gasteiger charge is -2.41. The van der Waals surface area contributed by atoms with E-state index in [0.717, 1.165) is 32.1 Å². The normalized spacial score (nSPS) is 33.4. The molecule has 3 unspecified atom stereocenters. The topological polar surface area (TPSA) is 26.3 Å². The Morgan fingerprint density at radius 2 is 2.06 bits per heavy atom. The molecule has 0 bridgehead atoms. The van der Waals surface area contributed by atoms with E-state index in [1.54, 1.807) is 0 Å². The highest BCUT2D eigenvalue weighted by atomic mass is 16.5. The van der Waals surface area contributed by atoms with E-state index < -0.39 is 0 Å². The number of esters is 1. The number of hydrogen-bond donors (Lipinski definition) is 0. The third kappa shape index (κ3) is 3.46. The molecule has 2 heteroatoms. The zero-order chi connectivity index (χ0) is 12.9. The van der Waals surface area contributed by atoms with E-state index in [4.69, 9.17) is 4.74 Å². The van der Waals surface area contributed by atoms with E-state index in [1.165, 1.54) is 20.0 Å². The van der Waals surface area contributed by atoms with E-state index in [1.807, 2.05) is 0 Å². The van der Waals surface area contributed by atoms with Crippen LogP contribution in [0.1, 0.15) is 65.7 Å². The van der Waals surface area contributed by atoms with Gasteiger partial charge in [0.25, 0.3) is 0 Å². The first-order valence-corrected chi connectivity index (χ1v) is 7.16. The minimum atomic E-state index is -0.177. The average molecular weight is 240 g/mol. The number of rotatable bonds is 5. The van der Waals surface area contributed by atoms with E-state index in [9.17, 15) is 4.79 Å². The Kier molecular flexibility index (Phi) is 5.48. The molecule has 0 heterocycles. The van der Waals surface area contributed by atoms with Crippen LogP contribution in [-0.4, -0.2) is 13.1 Å². The SMILES string of the molecule is CCCCC1(C(=O)OC)CC(C)CC(CC)C1. The fourth-order valence-corrected chi connectivity index (χ4v) is 3.55. The lowest BCUT2D eigenvalue weighted by molar-refractivity contribution is -0.158. The zero-order valence-corrected chi connectivity index (χ0v) is 11.9. The molecule has 1 saturated carbocycles. The summed E-state index contributed by atoms with van der Waals surface area (Å²) in [4.78, 5) is 12.2. The maximum atomic E-state index is 12.2. The van der Waals surface area contributed by atoms with Crippen molar-refractivity contribution in [3.63, 3.8) is 0 Å². The Balaban J connectivity index is 2.83. The second-order valence-electron chi connectivity index (χ2n) is 5.90. The molecule has 0 N–H and O–H groups in total. The van der Waals surface area contributed by atoms with Crippen LogP contribution in [0.5, 0.6) is 0 Å². The highest BCUT2D eigenvalue weighted by molar-refractivity contribution is 5.76. The minimum Gasteiger partial charge on any atom is -0.469 e. The first-order chi connectivity index (χ1) is 8.07. The molecule has 0 amide bonds. The molecular formula is C15H28O2. The number of unbranched alkanes of at least 4 members (excludes halogenated alkanes) is 1. The van der Waals surface area contributed by atoms with Crippen molar-refractivity contribution in [3.05, 3.63) is 0 Å². The van der Waals surface area contributed by atoms with Gasteiger partial charge >= 0.3 is 5.97 Å². The summed E-state index contributed by atoms with van der Waals surface area (Å²) in [7, 11) is 1.54. The molecule has 0 aliphatic heterocycles. The molecule has 2 nitrogen and oxygen atoms in total. The molecule has 1 aliphatic carbocycles. The highest BCUT2D eigenvalue weighted by Gasteiger charge is 2.44. The molecule has 0 aromatic rings. The molecule has 0 aromatic carbocycles. The summed E-state index contributed by atoms with van der Waals surface area (Å²) < 4.78 is 5.09. The smallest absolute Gasteiger partial charge is 0.311 e. The zero-order valence-electron chi connectivity index (χ0n) is 11.9. The number of hydrogen-bond acceptors (Lipinski definition) is 2. The molecule has 0 radical (unpaired) electrons. The third-order valence-corrected chi connectivity index (χ3v) is 4.36. The van der Waals surface area contributed by atoms with Crippen LogP contribution in [0.3, 0.4) is 0 Å². The predicted molar refractivity (Wildman–Crippen MR) is 70.8 cm³/mol. The Bertz CT molecular complexity index is 249. The summed E-state index contributed by atoms with van der Waals surface area (Å²) in [6.45, 7) is 6.71. The van der Waals surface area contributed by atoms with E-state index >= 15 is 0 Å². The second-order valence-corrected chi connectivity index (χ2v) is 5.90. The van der Waals surface area contributed by atoms with Crippen LogP contribution in [0.4, 0.5) is 0 Å². The number of carbonyl (C=O) groups excluding carboxylic acids is 1. The van der Waals surface area contributed by atoms with Crippen molar-refractivity contribution in [1.29, 1.82) is 0 Å². The Morgan fingerprint density at radius 1 is 1.35 bits per heavy atom. The monoisotopic (exact) mass is 240 g/mol. The molecule has 0 saturated heterocycles. The van der Waals surface area contributed by atoms with Crippen LogP contribution < -0.4 is 0 Å². The predicted octanol–water partition coefficient (Wildman–Crippen LogP) is 4.18. The molecule has 1 rings (SSSR count). The van der Waals surface area contributed by atoms with Crippen LogP contribution in [0.15, 0.2) is 0 Å². The van der Waals surface area contributed by atoms with Crippen LogP contribution in [0.2, 0.25) is 0 Å². The standard InChI is InChI=1S/C15H28O2/c1-5-7-8-15(14(16)17-4)10-12(3)9-13(6-2)11-15/h12-13H,5-11H2,1-4H3. The first kappa shape index (κ1) is 14.5. The van der Waals surface area contributed by atoms with Crippen molar-refractivity contribution in [2.45, 2.75) is 65.7 Å². The molecule has 100 valence electrons. The Hall–Kier alpha value is -0.530. The maximum absolute atomic E-state index is 12.2. The molecule has 1 aliphatic rings. The summed E-state index contributed by atoms with van der Waals surface area (Å²) in [5.41, 5.74) is -0.177. The van der Waals surface area contributed by atoms with Crippen LogP contribution >= 0.6 is 0 Å². The van der Waals surface area contributed by atoms with Crippen molar-refractivity contribution < 1.29 is 9.53 Å². The van der Waals surface area contributed by atoms with Gasteiger partial charge in [-0.15, -0.1) is 0 Å². The molecule has 17 heavy (non-hydrogen) atoms. The molecule has 0 spiro atoms. The van der Waals surface area contributed by atoms with E-state index in [2.05, 4.69) is 20.8 Å². The van der Waals surface area contributed by atoms with Gasteiger partial charge in [-0.05, 0) is 37.5 Å². The first-order valence-electron chi connectivity index (χ1n) is 7.16. The molecular weight excluding hydrogens is 212 g/mol. The fourth-order valence-electron chi connectivity index (χ4n) is 3.55. The maximum Gasteiger partial charge on any atom is 0.311 e. The van der Waals surface area contributed by atoms with Gasteiger partial charge < -0.3 is 4.74 Å². The van der Waals surface area contributed by atoms with Crippen LogP contribution in [-0.2, 0) is 9.53 Å². The van der Waals surface area contributed by atoms with Crippen molar-refractivity contribution in [3.8, 4) is 0 Å². The summed E-state index contributed by atoms with van der Waals surface area (Å²) in [6.07, 6.45) is 7.84.